The molecule has 16 heavy (non-hydrogen) atoms. The van der Waals surface area contributed by atoms with E-state index >= 15 is 0 Å². The number of thioether (sulfide) groups is 1. The Labute approximate surface area is 99.3 Å². The number of carbonyl (C=O) groups is 1. The van der Waals surface area contributed by atoms with Gasteiger partial charge in [-0.15, -0.1) is 11.8 Å². The molecule has 0 bridgehead atoms. The normalized spacial score (nSPS) is 10.6. The number of hydrazone groups is 1. The van der Waals surface area contributed by atoms with Gasteiger partial charge in [0, 0.05) is 10.5 Å². The van der Waals surface area contributed by atoms with Crippen molar-refractivity contribution in [2.24, 2.45) is 10.8 Å². The summed E-state index contributed by atoms with van der Waals surface area (Å²) in [5, 5.41) is 3.75. The highest BCUT2D eigenvalue weighted by molar-refractivity contribution is 7.99. The van der Waals surface area contributed by atoms with E-state index in [0.717, 1.165) is 22.6 Å². The van der Waals surface area contributed by atoms with Crippen LogP contribution in [-0.2, 0) is 0 Å². The van der Waals surface area contributed by atoms with Gasteiger partial charge in [-0.25, -0.2) is 10.2 Å². The van der Waals surface area contributed by atoms with E-state index in [-0.39, 0.29) is 0 Å². The predicted octanol–water partition coefficient (Wildman–Crippen LogP) is 2.19. The molecule has 0 aromatic heterocycles. The second kappa shape index (κ2) is 6.90. The monoisotopic (exact) mass is 237 g/mol. The van der Waals surface area contributed by atoms with Gasteiger partial charge in [0.2, 0.25) is 0 Å². The summed E-state index contributed by atoms with van der Waals surface area (Å²) in [5.41, 5.74) is 8.06. The Morgan fingerprint density at radius 1 is 1.56 bits per heavy atom. The fraction of sp³-hybridized carbons (Fsp3) is 0.273. The molecular weight excluding hydrogens is 222 g/mol. The lowest BCUT2D eigenvalue weighted by atomic mass is 10.2. The topological polar surface area (TPSA) is 67.5 Å². The zero-order valence-electron chi connectivity index (χ0n) is 9.14. The van der Waals surface area contributed by atoms with Crippen molar-refractivity contribution in [1.29, 1.82) is 0 Å². The van der Waals surface area contributed by atoms with Crippen molar-refractivity contribution in [1.82, 2.24) is 5.43 Å². The van der Waals surface area contributed by atoms with Crippen LogP contribution in [0.15, 0.2) is 34.3 Å². The van der Waals surface area contributed by atoms with Crippen LogP contribution in [0.4, 0.5) is 4.79 Å². The number of rotatable bonds is 5. The Morgan fingerprint density at radius 3 is 3.00 bits per heavy atom. The van der Waals surface area contributed by atoms with Crippen LogP contribution >= 0.6 is 11.8 Å². The summed E-state index contributed by atoms with van der Waals surface area (Å²) < 4.78 is 0. The van der Waals surface area contributed by atoms with E-state index in [1.807, 2.05) is 24.3 Å². The minimum atomic E-state index is -0.657. The third-order valence-electron chi connectivity index (χ3n) is 1.76. The number of amides is 2. The van der Waals surface area contributed by atoms with Gasteiger partial charge in [0.25, 0.3) is 0 Å². The second-order valence-corrected chi connectivity index (χ2v) is 4.26. The van der Waals surface area contributed by atoms with Gasteiger partial charge in [0.1, 0.15) is 0 Å². The molecule has 2 amide bonds. The van der Waals surface area contributed by atoms with E-state index in [1.54, 1.807) is 18.0 Å². The second-order valence-electron chi connectivity index (χ2n) is 3.12. The molecule has 0 saturated heterocycles. The van der Waals surface area contributed by atoms with Crippen molar-refractivity contribution >= 4 is 24.0 Å². The van der Waals surface area contributed by atoms with Gasteiger partial charge < -0.3 is 5.73 Å². The van der Waals surface area contributed by atoms with E-state index in [4.69, 9.17) is 5.73 Å². The molecule has 1 aromatic rings. The van der Waals surface area contributed by atoms with E-state index in [1.165, 1.54) is 0 Å². The van der Waals surface area contributed by atoms with Gasteiger partial charge in [-0.3, -0.25) is 0 Å². The van der Waals surface area contributed by atoms with Crippen molar-refractivity contribution in [3.8, 4) is 0 Å². The Balaban J connectivity index is 2.70. The molecule has 0 radical (unpaired) electrons. The molecule has 0 aliphatic rings. The minimum Gasteiger partial charge on any atom is -0.350 e. The molecule has 0 fully saturated rings. The zero-order valence-corrected chi connectivity index (χ0v) is 9.96. The first kappa shape index (κ1) is 12.6. The first-order chi connectivity index (χ1) is 7.74. The molecule has 3 N–H and O–H groups in total. The van der Waals surface area contributed by atoms with Crippen molar-refractivity contribution in [2.75, 3.05) is 5.75 Å². The maximum atomic E-state index is 10.4. The van der Waals surface area contributed by atoms with Crippen molar-refractivity contribution < 1.29 is 4.79 Å². The SMILES string of the molecule is CCCSc1ccccc1C=NNC(N)=O. The zero-order chi connectivity index (χ0) is 11.8. The summed E-state index contributed by atoms with van der Waals surface area (Å²) in [7, 11) is 0. The molecule has 1 rings (SSSR count). The van der Waals surface area contributed by atoms with Crippen LogP contribution in [0.3, 0.4) is 0 Å². The summed E-state index contributed by atoms with van der Waals surface area (Å²) in [6.45, 7) is 2.14. The number of carbonyl (C=O) groups excluding carboxylic acids is 1. The summed E-state index contributed by atoms with van der Waals surface area (Å²) in [4.78, 5) is 11.6. The lowest BCUT2D eigenvalue weighted by molar-refractivity contribution is 0.249. The van der Waals surface area contributed by atoms with Crippen LogP contribution in [0, 0.1) is 0 Å². The average Bonchev–Trinajstić information content (AvgIpc) is 2.27. The third kappa shape index (κ3) is 4.35. The first-order valence-electron chi connectivity index (χ1n) is 5.04. The van der Waals surface area contributed by atoms with Crippen LogP contribution in [0.5, 0.6) is 0 Å². The number of urea groups is 1. The van der Waals surface area contributed by atoms with Crippen molar-refractivity contribution in [2.45, 2.75) is 18.2 Å². The standard InChI is InChI=1S/C11H15N3OS/c1-2-7-16-10-6-4-3-5-9(10)8-13-14-11(12)15/h3-6,8H,2,7H2,1H3,(H3,12,14,15). The van der Waals surface area contributed by atoms with Gasteiger partial charge in [-0.05, 0) is 18.2 Å². The molecule has 0 aliphatic heterocycles. The molecule has 1 aromatic carbocycles. The molecule has 86 valence electrons. The van der Waals surface area contributed by atoms with Crippen molar-refractivity contribution in [3.05, 3.63) is 29.8 Å². The molecular formula is C11H15N3OS. The number of nitrogens with two attached hydrogens (primary N) is 1. The minimum absolute atomic E-state index is 0.657. The number of primary amides is 1. The quantitative estimate of drug-likeness (QED) is 0.468. The van der Waals surface area contributed by atoms with E-state index in [9.17, 15) is 4.79 Å². The first-order valence-corrected chi connectivity index (χ1v) is 6.03. The summed E-state index contributed by atoms with van der Waals surface area (Å²) in [6.07, 6.45) is 2.72. The Morgan fingerprint density at radius 2 is 2.31 bits per heavy atom. The van der Waals surface area contributed by atoms with Gasteiger partial charge in [-0.2, -0.15) is 5.10 Å². The Bertz CT molecular complexity index is 379. The number of benzene rings is 1. The molecule has 0 heterocycles. The smallest absolute Gasteiger partial charge is 0.332 e. The molecule has 0 atom stereocenters. The maximum absolute atomic E-state index is 10.4. The van der Waals surface area contributed by atoms with Gasteiger partial charge >= 0.3 is 6.03 Å². The van der Waals surface area contributed by atoms with Gasteiger partial charge in [-0.1, -0.05) is 25.1 Å². The molecule has 4 nitrogen and oxygen atoms in total. The summed E-state index contributed by atoms with van der Waals surface area (Å²) in [6, 6.07) is 7.24. The lowest BCUT2D eigenvalue weighted by Gasteiger charge is -2.03. The van der Waals surface area contributed by atoms with Crippen LogP contribution in [0.2, 0.25) is 0 Å². The fourth-order valence-electron chi connectivity index (χ4n) is 1.10. The summed E-state index contributed by atoms with van der Waals surface area (Å²) >= 11 is 1.77. The van der Waals surface area contributed by atoms with Crippen LogP contribution in [0.25, 0.3) is 0 Å². The molecule has 5 heteroatoms. The number of hydrogen-bond acceptors (Lipinski definition) is 3. The molecule has 0 aliphatic carbocycles. The van der Waals surface area contributed by atoms with E-state index in [0.29, 0.717) is 0 Å². The average molecular weight is 237 g/mol. The highest BCUT2D eigenvalue weighted by Crippen LogP contribution is 2.21. The maximum Gasteiger partial charge on any atom is 0.332 e. The van der Waals surface area contributed by atoms with Gasteiger partial charge in [0.15, 0.2) is 0 Å². The lowest BCUT2D eigenvalue weighted by Crippen LogP contribution is -2.24. The number of nitrogens with zero attached hydrogens (tertiary/aromatic N) is 1. The molecule has 0 saturated carbocycles. The van der Waals surface area contributed by atoms with Crippen LogP contribution < -0.4 is 11.2 Å². The van der Waals surface area contributed by atoms with Crippen molar-refractivity contribution in [3.63, 3.8) is 0 Å². The van der Waals surface area contributed by atoms with Crippen LogP contribution in [-0.4, -0.2) is 18.0 Å². The van der Waals surface area contributed by atoms with Gasteiger partial charge in [0.05, 0.1) is 6.21 Å². The summed E-state index contributed by atoms with van der Waals surface area (Å²) in [5.74, 6) is 1.06. The highest BCUT2D eigenvalue weighted by Gasteiger charge is 1.98. The van der Waals surface area contributed by atoms with Crippen LogP contribution in [0.1, 0.15) is 18.9 Å². The Hall–Kier alpha value is -1.49. The molecule has 0 spiro atoms. The Kier molecular flexibility index (Phi) is 5.42. The number of nitrogens with one attached hydrogen (secondary N) is 1. The predicted molar refractivity (Wildman–Crippen MR) is 67.8 cm³/mol. The highest BCUT2D eigenvalue weighted by atomic mass is 32.2. The van der Waals surface area contributed by atoms with E-state index < -0.39 is 6.03 Å². The number of hydrogen-bond donors (Lipinski definition) is 2. The molecule has 0 unspecified atom stereocenters. The third-order valence-corrected chi connectivity index (χ3v) is 3.05. The largest absolute Gasteiger partial charge is 0.350 e. The fourth-order valence-corrected chi connectivity index (χ4v) is 1.98. The van der Waals surface area contributed by atoms with E-state index in [2.05, 4.69) is 17.5 Å².